The minimum atomic E-state index is -3.82. The highest BCUT2D eigenvalue weighted by atomic mass is 79.9. The largest absolute Gasteiger partial charge is 0.398 e. The maximum atomic E-state index is 12.2. The average Bonchev–Trinajstić information content (AvgIpc) is 2.41. The number of hydrogen-bond acceptors (Lipinski definition) is 4. The van der Waals surface area contributed by atoms with E-state index in [4.69, 9.17) is 10.9 Å². The molecule has 0 saturated carbocycles. The Bertz CT molecular complexity index is 806. The smallest absolute Gasteiger partial charge is 0.256 e. The van der Waals surface area contributed by atoms with Crippen LogP contribution in [0, 0.1) is 0 Å². The van der Waals surface area contributed by atoms with Gasteiger partial charge in [0, 0.05) is 11.4 Å². The number of nitrogens with two attached hydrogens (primary N) is 2. The lowest BCUT2D eigenvalue weighted by Gasteiger charge is -2.09. The number of halogens is 1. The molecule has 0 radical (unpaired) electrons. The van der Waals surface area contributed by atoms with Gasteiger partial charge in [0.05, 0.1) is 14.9 Å². The van der Waals surface area contributed by atoms with Crippen molar-refractivity contribution in [2.75, 3.05) is 11.1 Å². The van der Waals surface area contributed by atoms with Crippen molar-refractivity contribution in [3.63, 3.8) is 0 Å². The first kappa shape index (κ1) is 15.5. The number of sulfonamides is 1. The number of benzene rings is 2. The predicted molar refractivity (Wildman–Crippen MR) is 84.3 cm³/mol. The molecule has 0 aliphatic rings. The molecular formula is C13H12BrN3O3S. The van der Waals surface area contributed by atoms with Gasteiger partial charge in [0.1, 0.15) is 0 Å². The summed E-state index contributed by atoms with van der Waals surface area (Å²) >= 11 is 3.24. The van der Waals surface area contributed by atoms with E-state index in [1.165, 1.54) is 18.2 Å². The van der Waals surface area contributed by atoms with Gasteiger partial charge in [-0.15, -0.1) is 0 Å². The van der Waals surface area contributed by atoms with E-state index >= 15 is 0 Å². The van der Waals surface area contributed by atoms with Gasteiger partial charge in [-0.2, -0.15) is 0 Å². The number of hydrogen-bond donors (Lipinski definition) is 3. The molecule has 0 spiro atoms. The summed E-state index contributed by atoms with van der Waals surface area (Å²) in [4.78, 5) is 12.1. The van der Waals surface area contributed by atoms with Gasteiger partial charge < -0.3 is 11.1 Å². The van der Waals surface area contributed by atoms with Crippen LogP contribution < -0.4 is 16.2 Å². The number of carbonyl (C=O) groups excluding carboxylic acids is 1. The first-order valence-corrected chi connectivity index (χ1v) is 8.11. The van der Waals surface area contributed by atoms with Gasteiger partial charge in [-0.1, -0.05) is 12.1 Å². The molecule has 1 amide bonds. The molecule has 0 heterocycles. The lowest BCUT2D eigenvalue weighted by molar-refractivity contribution is 0.102. The number of carbonyl (C=O) groups is 1. The molecular weight excluding hydrogens is 358 g/mol. The topological polar surface area (TPSA) is 115 Å². The monoisotopic (exact) mass is 369 g/mol. The molecule has 0 aliphatic heterocycles. The molecule has 8 heteroatoms. The van der Waals surface area contributed by atoms with Crippen LogP contribution in [-0.2, 0) is 10.0 Å². The van der Waals surface area contributed by atoms with Gasteiger partial charge in [-0.05, 0) is 46.3 Å². The van der Waals surface area contributed by atoms with Crippen LogP contribution in [0.4, 0.5) is 11.4 Å². The zero-order chi connectivity index (χ0) is 15.6. The molecule has 0 saturated heterocycles. The van der Waals surface area contributed by atoms with E-state index in [2.05, 4.69) is 21.2 Å². The standard InChI is InChI=1S/C13H12BrN3O3S/c14-12-10(5-2-6-11(12)15)13(18)17-8-3-1-4-9(7-8)21(16,19)20/h1-7H,15H2,(H,17,18)(H2,16,19,20). The fourth-order valence-corrected chi connectivity index (χ4v) is 2.68. The molecule has 2 aromatic rings. The van der Waals surface area contributed by atoms with Crippen LogP contribution in [0.25, 0.3) is 0 Å². The Hall–Kier alpha value is -1.90. The van der Waals surface area contributed by atoms with Crippen molar-refractivity contribution in [3.8, 4) is 0 Å². The molecule has 6 nitrogen and oxygen atoms in total. The Morgan fingerprint density at radius 2 is 1.81 bits per heavy atom. The van der Waals surface area contributed by atoms with Gasteiger partial charge in [0.25, 0.3) is 5.91 Å². The molecule has 5 N–H and O–H groups in total. The maximum absolute atomic E-state index is 12.2. The summed E-state index contributed by atoms with van der Waals surface area (Å²) in [5, 5.41) is 7.64. The van der Waals surface area contributed by atoms with Crippen LogP contribution >= 0.6 is 15.9 Å². The molecule has 2 rings (SSSR count). The number of nitrogen functional groups attached to an aromatic ring is 1. The van der Waals surface area contributed by atoms with Gasteiger partial charge >= 0.3 is 0 Å². The minimum Gasteiger partial charge on any atom is -0.398 e. The average molecular weight is 370 g/mol. The Balaban J connectivity index is 2.30. The quantitative estimate of drug-likeness (QED) is 0.716. The first-order valence-electron chi connectivity index (χ1n) is 5.77. The molecule has 0 unspecified atom stereocenters. The van der Waals surface area contributed by atoms with Crippen LogP contribution in [0.2, 0.25) is 0 Å². The summed E-state index contributed by atoms with van der Waals surface area (Å²) in [6.07, 6.45) is 0. The van der Waals surface area contributed by atoms with E-state index < -0.39 is 15.9 Å². The van der Waals surface area contributed by atoms with E-state index in [0.29, 0.717) is 21.4 Å². The lowest BCUT2D eigenvalue weighted by atomic mass is 10.2. The second kappa shape index (κ2) is 5.84. The molecule has 0 aromatic heterocycles. The fraction of sp³-hybridized carbons (Fsp3) is 0. The van der Waals surface area contributed by atoms with Crippen molar-refractivity contribution in [3.05, 3.63) is 52.5 Å². The highest BCUT2D eigenvalue weighted by molar-refractivity contribution is 9.10. The normalized spacial score (nSPS) is 11.1. The van der Waals surface area contributed by atoms with E-state index in [1.807, 2.05) is 0 Å². The lowest BCUT2D eigenvalue weighted by Crippen LogP contribution is -2.15. The molecule has 0 fully saturated rings. The summed E-state index contributed by atoms with van der Waals surface area (Å²) in [7, 11) is -3.82. The highest BCUT2D eigenvalue weighted by Crippen LogP contribution is 2.25. The molecule has 0 atom stereocenters. The van der Waals surface area contributed by atoms with Crippen LogP contribution in [0.15, 0.2) is 51.8 Å². The third kappa shape index (κ3) is 3.60. The highest BCUT2D eigenvalue weighted by Gasteiger charge is 2.13. The van der Waals surface area contributed by atoms with Gasteiger partial charge in [0.2, 0.25) is 10.0 Å². The predicted octanol–water partition coefficient (Wildman–Crippen LogP) is 1.93. The van der Waals surface area contributed by atoms with Crippen molar-refractivity contribution in [2.45, 2.75) is 4.90 Å². The zero-order valence-electron chi connectivity index (χ0n) is 10.7. The summed E-state index contributed by atoms with van der Waals surface area (Å²) in [6, 6.07) is 10.6. The molecule has 21 heavy (non-hydrogen) atoms. The summed E-state index contributed by atoms with van der Waals surface area (Å²) in [6.45, 7) is 0. The SMILES string of the molecule is Nc1cccc(C(=O)Nc2cccc(S(N)(=O)=O)c2)c1Br. The number of amides is 1. The number of primary sulfonamides is 1. The van der Waals surface area contributed by atoms with Crippen LogP contribution in [0.5, 0.6) is 0 Å². The first-order chi connectivity index (χ1) is 9.79. The van der Waals surface area contributed by atoms with Gasteiger partial charge in [0.15, 0.2) is 0 Å². The second-order valence-electron chi connectivity index (χ2n) is 4.24. The Labute approximate surface area is 130 Å². The van der Waals surface area contributed by atoms with Crippen molar-refractivity contribution < 1.29 is 13.2 Å². The molecule has 0 bridgehead atoms. The zero-order valence-corrected chi connectivity index (χ0v) is 13.1. The number of rotatable bonds is 3. The third-order valence-corrected chi connectivity index (χ3v) is 4.49. The fourth-order valence-electron chi connectivity index (χ4n) is 1.67. The van der Waals surface area contributed by atoms with Gasteiger partial charge in [-0.25, -0.2) is 13.6 Å². The van der Waals surface area contributed by atoms with E-state index in [9.17, 15) is 13.2 Å². The van der Waals surface area contributed by atoms with Crippen LogP contribution in [0.1, 0.15) is 10.4 Å². The van der Waals surface area contributed by atoms with Crippen LogP contribution in [0.3, 0.4) is 0 Å². The Morgan fingerprint density at radius 3 is 2.48 bits per heavy atom. The molecule has 0 aliphatic carbocycles. The van der Waals surface area contributed by atoms with E-state index in [-0.39, 0.29) is 4.90 Å². The second-order valence-corrected chi connectivity index (χ2v) is 6.59. The van der Waals surface area contributed by atoms with Crippen LogP contribution in [-0.4, -0.2) is 14.3 Å². The van der Waals surface area contributed by atoms with E-state index in [0.717, 1.165) is 0 Å². The van der Waals surface area contributed by atoms with Crippen molar-refractivity contribution in [2.24, 2.45) is 5.14 Å². The summed E-state index contributed by atoms with van der Waals surface area (Å²) in [5.74, 6) is -0.416. The van der Waals surface area contributed by atoms with Crippen molar-refractivity contribution in [1.29, 1.82) is 0 Å². The molecule has 2 aromatic carbocycles. The minimum absolute atomic E-state index is 0.0769. The Kier molecular flexibility index (Phi) is 4.31. The van der Waals surface area contributed by atoms with Crippen molar-refractivity contribution >= 4 is 43.2 Å². The molecule has 110 valence electrons. The Morgan fingerprint density at radius 1 is 1.14 bits per heavy atom. The van der Waals surface area contributed by atoms with Crippen molar-refractivity contribution in [1.82, 2.24) is 0 Å². The summed E-state index contributed by atoms with van der Waals surface area (Å²) in [5.41, 5.74) is 6.81. The van der Waals surface area contributed by atoms with E-state index in [1.54, 1.807) is 24.3 Å². The number of nitrogens with one attached hydrogen (secondary N) is 1. The van der Waals surface area contributed by atoms with Gasteiger partial charge in [-0.3, -0.25) is 4.79 Å². The summed E-state index contributed by atoms with van der Waals surface area (Å²) < 4.78 is 23.0. The maximum Gasteiger partial charge on any atom is 0.256 e. The number of anilines is 2. The third-order valence-electron chi connectivity index (χ3n) is 2.69.